The number of carbonyl (C=O) groups excluding carboxylic acids is 1. The quantitative estimate of drug-likeness (QED) is 0.584. The Balaban J connectivity index is 1.68. The fraction of sp³-hybridized carbons (Fsp3) is 0.565. The molecule has 1 N–H and O–H groups in total. The van der Waals surface area contributed by atoms with Gasteiger partial charge in [-0.3, -0.25) is 0 Å². The highest BCUT2D eigenvalue weighted by Gasteiger charge is 2.60. The predicted octanol–water partition coefficient (Wildman–Crippen LogP) is 5.46. The van der Waals surface area contributed by atoms with Gasteiger partial charge in [0.1, 0.15) is 5.60 Å². The van der Waals surface area contributed by atoms with Gasteiger partial charge in [-0.05, 0) is 51.3 Å². The highest BCUT2D eigenvalue weighted by molar-refractivity contribution is 9.10. The molecule has 1 spiro atoms. The number of imidazole rings is 1. The van der Waals surface area contributed by atoms with Crippen molar-refractivity contribution in [3.05, 3.63) is 40.8 Å². The monoisotopic (exact) mass is 476 g/mol. The molecule has 0 bridgehead atoms. The van der Waals surface area contributed by atoms with Crippen molar-refractivity contribution in [2.75, 3.05) is 26.8 Å². The Morgan fingerprint density at radius 1 is 1.33 bits per heavy atom. The van der Waals surface area contributed by atoms with Crippen LogP contribution in [0.5, 0.6) is 0 Å². The van der Waals surface area contributed by atoms with E-state index < -0.39 is 5.60 Å². The van der Waals surface area contributed by atoms with E-state index in [1.165, 1.54) is 0 Å². The topological polar surface area (TPSA) is 64.2 Å². The van der Waals surface area contributed by atoms with Crippen molar-refractivity contribution in [1.29, 1.82) is 0 Å². The van der Waals surface area contributed by atoms with Crippen LogP contribution in [0.2, 0.25) is 0 Å². The molecular formula is C23H31BrN3O3+. The fourth-order valence-corrected chi connectivity index (χ4v) is 5.15. The average molecular weight is 477 g/mol. The van der Waals surface area contributed by atoms with E-state index >= 15 is 0 Å². The highest BCUT2D eigenvalue weighted by atomic mass is 79.9. The first-order valence-corrected chi connectivity index (χ1v) is 11.4. The standard InChI is InChI=1S/C23H31BrN3O3/c1-22(2,3)30-21(28)27(4)14-23(10-5-11-29-15-23)12-19(27)20-25-13-18(26-20)16-6-8-17(24)9-7-16/h6-9,13,19H,5,10-12,14-15H2,1-4H3,(H,25,26)/q+1. The van der Waals surface area contributed by atoms with E-state index in [9.17, 15) is 4.79 Å². The summed E-state index contributed by atoms with van der Waals surface area (Å²) >= 11 is 3.48. The van der Waals surface area contributed by atoms with Crippen molar-refractivity contribution in [3.8, 4) is 11.3 Å². The lowest BCUT2D eigenvalue weighted by Crippen LogP contribution is -2.53. The van der Waals surface area contributed by atoms with Gasteiger partial charge in [0.2, 0.25) is 0 Å². The molecular weight excluding hydrogens is 446 g/mol. The minimum Gasteiger partial charge on any atom is -0.414 e. The molecule has 0 radical (unpaired) electrons. The molecule has 0 saturated carbocycles. The smallest absolute Gasteiger partial charge is 0.414 e. The molecule has 0 aliphatic carbocycles. The molecule has 3 atom stereocenters. The first-order chi connectivity index (χ1) is 14.1. The third-order valence-electron chi connectivity index (χ3n) is 6.26. The number of rotatable bonds is 2. The molecule has 162 valence electrons. The molecule has 1 amide bonds. The Morgan fingerprint density at radius 3 is 2.70 bits per heavy atom. The van der Waals surface area contributed by atoms with Gasteiger partial charge in [-0.15, -0.1) is 0 Å². The third-order valence-corrected chi connectivity index (χ3v) is 6.79. The lowest BCUT2D eigenvalue weighted by Gasteiger charge is -2.35. The number of hydrogen-bond donors (Lipinski definition) is 1. The number of benzene rings is 1. The van der Waals surface area contributed by atoms with Gasteiger partial charge >= 0.3 is 6.09 Å². The normalized spacial score (nSPS) is 29.3. The third kappa shape index (κ3) is 4.20. The molecule has 6 nitrogen and oxygen atoms in total. The van der Waals surface area contributed by atoms with Crippen molar-refractivity contribution < 1.29 is 18.8 Å². The van der Waals surface area contributed by atoms with E-state index in [2.05, 4.69) is 33.0 Å². The first-order valence-electron chi connectivity index (χ1n) is 10.6. The maximum atomic E-state index is 13.4. The first kappa shape index (κ1) is 21.5. The molecule has 2 fully saturated rings. The minimum atomic E-state index is -0.534. The minimum absolute atomic E-state index is 0.0147. The number of nitrogens with one attached hydrogen (secondary N) is 1. The zero-order valence-corrected chi connectivity index (χ0v) is 19.8. The number of aromatic nitrogens is 2. The molecule has 2 aliphatic heterocycles. The Hall–Kier alpha value is -1.70. The SMILES string of the molecule is CC(C)(C)OC(=O)[N+]1(C)CC2(CCCOC2)CC1c1ncc(-c2ccc(Br)cc2)[nH]1. The molecule has 1 aromatic heterocycles. The lowest BCUT2D eigenvalue weighted by atomic mass is 9.80. The van der Waals surface area contributed by atoms with Gasteiger partial charge in [-0.1, -0.05) is 28.1 Å². The van der Waals surface area contributed by atoms with Crippen LogP contribution in [0.3, 0.4) is 0 Å². The van der Waals surface area contributed by atoms with Gasteiger partial charge in [0.25, 0.3) is 0 Å². The van der Waals surface area contributed by atoms with E-state index in [1.54, 1.807) is 0 Å². The molecule has 2 aliphatic rings. The zero-order chi connectivity index (χ0) is 21.6. The number of aromatic amines is 1. The summed E-state index contributed by atoms with van der Waals surface area (Å²) in [7, 11) is 1.99. The summed E-state index contributed by atoms with van der Waals surface area (Å²) in [5, 5.41) is 0. The second-order valence-corrected chi connectivity index (χ2v) is 10.9. The Kier molecular flexibility index (Phi) is 5.58. The maximum Gasteiger partial charge on any atom is 0.516 e. The van der Waals surface area contributed by atoms with Crippen LogP contribution in [0.1, 0.15) is 51.9 Å². The fourth-order valence-electron chi connectivity index (χ4n) is 4.89. The summed E-state index contributed by atoms with van der Waals surface area (Å²) in [6.45, 7) is 7.96. The number of quaternary nitrogens is 1. The number of H-pyrrole nitrogens is 1. The summed E-state index contributed by atoms with van der Waals surface area (Å²) in [4.78, 5) is 21.6. The Labute approximate surface area is 186 Å². The van der Waals surface area contributed by atoms with Crippen molar-refractivity contribution in [3.63, 3.8) is 0 Å². The van der Waals surface area contributed by atoms with Crippen LogP contribution in [0.4, 0.5) is 4.79 Å². The van der Waals surface area contributed by atoms with Crippen LogP contribution in [0, 0.1) is 5.41 Å². The van der Waals surface area contributed by atoms with Crippen LogP contribution in [0.15, 0.2) is 34.9 Å². The van der Waals surface area contributed by atoms with E-state index in [-0.39, 0.29) is 22.0 Å². The zero-order valence-electron chi connectivity index (χ0n) is 18.2. The lowest BCUT2D eigenvalue weighted by molar-refractivity contribution is -0.860. The highest BCUT2D eigenvalue weighted by Crippen LogP contribution is 2.51. The molecule has 4 rings (SSSR count). The van der Waals surface area contributed by atoms with Gasteiger partial charge in [-0.25, -0.2) is 9.47 Å². The van der Waals surface area contributed by atoms with Crippen LogP contribution < -0.4 is 0 Å². The molecule has 1 aromatic carbocycles. The maximum absolute atomic E-state index is 13.4. The number of likely N-dealkylation sites (tertiary alicyclic amines) is 1. The summed E-state index contributed by atoms with van der Waals surface area (Å²) in [6, 6.07) is 8.04. The summed E-state index contributed by atoms with van der Waals surface area (Å²) in [5.74, 6) is 0.837. The molecule has 2 saturated heterocycles. The van der Waals surface area contributed by atoms with Crippen molar-refractivity contribution in [1.82, 2.24) is 9.97 Å². The second-order valence-electron chi connectivity index (χ2n) is 9.97. The van der Waals surface area contributed by atoms with Crippen molar-refractivity contribution >= 4 is 22.0 Å². The Morgan fingerprint density at radius 2 is 2.07 bits per heavy atom. The summed E-state index contributed by atoms with van der Waals surface area (Å²) < 4.78 is 12.9. The number of nitrogens with zero attached hydrogens (tertiary/aromatic N) is 2. The van der Waals surface area contributed by atoms with E-state index in [0.29, 0.717) is 13.2 Å². The van der Waals surface area contributed by atoms with E-state index in [1.807, 2.05) is 46.1 Å². The van der Waals surface area contributed by atoms with Crippen LogP contribution in [-0.4, -0.2) is 53.0 Å². The number of ether oxygens (including phenoxy) is 2. The van der Waals surface area contributed by atoms with Crippen LogP contribution in [-0.2, 0) is 9.47 Å². The molecule has 3 heterocycles. The van der Waals surface area contributed by atoms with Crippen LogP contribution >= 0.6 is 15.9 Å². The van der Waals surface area contributed by atoms with Gasteiger partial charge in [0.05, 0.1) is 32.1 Å². The number of amides is 1. The molecule has 3 unspecified atom stereocenters. The molecule has 2 aromatic rings. The molecule has 30 heavy (non-hydrogen) atoms. The molecule has 7 heteroatoms. The Bertz CT molecular complexity index is 913. The predicted molar refractivity (Wildman–Crippen MR) is 119 cm³/mol. The number of halogens is 1. The number of carbonyl (C=O) groups is 1. The largest absolute Gasteiger partial charge is 0.516 e. The van der Waals surface area contributed by atoms with Crippen LogP contribution in [0.25, 0.3) is 11.3 Å². The van der Waals surface area contributed by atoms with Gasteiger partial charge in [0.15, 0.2) is 11.9 Å². The van der Waals surface area contributed by atoms with Gasteiger partial charge in [0, 0.05) is 22.9 Å². The summed E-state index contributed by atoms with van der Waals surface area (Å²) in [6.07, 6.45) is 4.62. The van der Waals surface area contributed by atoms with Gasteiger partial charge in [-0.2, -0.15) is 4.79 Å². The summed E-state index contributed by atoms with van der Waals surface area (Å²) in [5.41, 5.74) is 1.47. The number of hydrogen-bond acceptors (Lipinski definition) is 4. The van der Waals surface area contributed by atoms with Crippen molar-refractivity contribution in [2.24, 2.45) is 5.41 Å². The van der Waals surface area contributed by atoms with Gasteiger partial charge < -0.3 is 14.5 Å². The van der Waals surface area contributed by atoms with Crippen molar-refractivity contribution in [2.45, 2.75) is 51.7 Å². The van der Waals surface area contributed by atoms with E-state index in [0.717, 1.165) is 47.4 Å². The van der Waals surface area contributed by atoms with E-state index in [4.69, 9.17) is 14.5 Å². The second kappa shape index (κ2) is 7.77. The average Bonchev–Trinajstić information content (AvgIpc) is 3.25.